The number of aliphatic imine (C=N–C) groups is 1. The quantitative estimate of drug-likeness (QED) is 0.221. The van der Waals surface area contributed by atoms with Crippen LogP contribution in [-0.2, 0) is 27.0 Å². The molecule has 3 rings (SSSR count). The van der Waals surface area contributed by atoms with Gasteiger partial charge < -0.3 is 26.4 Å². The second-order valence-electron chi connectivity index (χ2n) is 8.04. The maximum Gasteiger partial charge on any atom is 0.418 e. The minimum Gasteiger partial charge on any atom is -0.404 e. The third kappa shape index (κ3) is 6.51. The number of halogens is 5. The molecule has 38 heavy (non-hydrogen) atoms. The maximum absolute atomic E-state index is 14.7. The molecule has 1 aliphatic rings. The first-order valence-electron chi connectivity index (χ1n) is 11.0. The monoisotopic (exact) mass is 538 g/mol. The first-order valence-corrected chi connectivity index (χ1v) is 11.0. The lowest BCUT2D eigenvalue weighted by Gasteiger charge is -2.27. The summed E-state index contributed by atoms with van der Waals surface area (Å²) < 4.78 is 73.7. The molecule has 0 spiro atoms. The predicted molar refractivity (Wildman–Crippen MR) is 128 cm³/mol. The Morgan fingerprint density at radius 2 is 2.03 bits per heavy atom. The van der Waals surface area contributed by atoms with Crippen molar-refractivity contribution in [1.82, 2.24) is 15.6 Å². The minimum absolute atomic E-state index is 0.0386. The second kappa shape index (κ2) is 11.8. The highest BCUT2D eigenvalue weighted by atomic mass is 19.4. The fourth-order valence-electron chi connectivity index (χ4n) is 3.53. The van der Waals surface area contributed by atoms with Crippen molar-refractivity contribution in [3.63, 3.8) is 0 Å². The van der Waals surface area contributed by atoms with Crippen LogP contribution in [-0.4, -0.2) is 41.8 Å². The normalized spacial score (nSPS) is 17.9. The number of anilines is 2. The highest BCUT2D eigenvalue weighted by molar-refractivity contribution is 6.13. The van der Waals surface area contributed by atoms with Crippen LogP contribution in [0.1, 0.15) is 17.7 Å². The number of carbonyl (C=O) groups is 2. The maximum atomic E-state index is 14.7. The van der Waals surface area contributed by atoms with Gasteiger partial charge in [0.25, 0.3) is 5.91 Å². The lowest BCUT2D eigenvalue weighted by atomic mass is 9.96. The Kier molecular flexibility index (Phi) is 8.78. The van der Waals surface area contributed by atoms with E-state index in [0.29, 0.717) is 6.07 Å². The number of nitrogens with zero attached hydrogens (tertiary/aromatic N) is 2. The zero-order chi connectivity index (χ0) is 27.9. The van der Waals surface area contributed by atoms with Crippen molar-refractivity contribution < 1.29 is 36.3 Å². The lowest BCUT2D eigenvalue weighted by molar-refractivity contribution is -0.137. The molecule has 1 aliphatic heterocycles. The Labute approximate surface area is 213 Å². The highest BCUT2D eigenvalue weighted by Crippen LogP contribution is 2.37. The van der Waals surface area contributed by atoms with Crippen LogP contribution in [0.25, 0.3) is 0 Å². The molecule has 1 aromatic carbocycles. The molecule has 2 heterocycles. The number of ether oxygens (including phenoxy) is 1. The summed E-state index contributed by atoms with van der Waals surface area (Å²) in [5.41, 5.74) is 1.27. The standard InChI is InChI=1S/C24H23F5N6O3/c1-2-31-10-14(9-30)21(36)35-23(6-7-38-13-23)22(37)33-12-19-18(26)8-15(11-32-19)34-20-16(24(27,28)29)4-3-5-17(20)25/h2-5,8-11,34H,1,6-7,12-13,30H2,(H,33,37)(H,35,36)/b14-9+,31-10?/t23-/m0/s1. The Balaban J connectivity index is 1.72. The molecule has 1 fully saturated rings. The number of carbonyl (C=O) groups excluding carboxylic acids is 2. The van der Waals surface area contributed by atoms with Gasteiger partial charge >= 0.3 is 6.18 Å². The average Bonchev–Trinajstić information content (AvgIpc) is 3.34. The van der Waals surface area contributed by atoms with Crippen molar-refractivity contribution in [3.8, 4) is 0 Å². The molecular weight excluding hydrogens is 515 g/mol. The largest absolute Gasteiger partial charge is 0.418 e. The molecule has 0 bridgehead atoms. The summed E-state index contributed by atoms with van der Waals surface area (Å²) in [5, 5.41) is 7.23. The van der Waals surface area contributed by atoms with Gasteiger partial charge in [-0.2, -0.15) is 13.2 Å². The van der Waals surface area contributed by atoms with E-state index in [4.69, 9.17) is 10.5 Å². The molecule has 0 saturated carbocycles. The zero-order valence-electron chi connectivity index (χ0n) is 19.7. The SMILES string of the molecule is C=CN=C/C(=C\N)C(=O)N[C@@]1(C(=O)NCc2ncc(Nc3c(F)cccc3C(F)(F)F)cc2F)CCOC1. The van der Waals surface area contributed by atoms with E-state index < -0.39 is 53.0 Å². The predicted octanol–water partition coefficient (Wildman–Crippen LogP) is 3.07. The number of para-hydroxylation sites is 1. The summed E-state index contributed by atoms with van der Waals surface area (Å²) in [5.74, 6) is -3.56. The van der Waals surface area contributed by atoms with Gasteiger partial charge in [-0.1, -0.05) is 12.6 Å². The van der Waals surface area contributed by atoms with Gasteiger partial charge in [0, 0.05) is 37.7 Å². The van der Waals surface area contributed by atoms with E-state index in [1.807, 2.05) is 0 Å². The Bertz CT molecular complexity index is 1270. The van der Waals surface area contributed by atoms with Crippen molar-refractivity contribution in [1.29, 1.82) is 0 Å². The van der Waals surface area contributed by atoms with E-state index in [9.17, 15) is 31.5 Å². The number of pyridine rings is 1. The number of rotatable bonds is 9. The molecule has 14 heteroatoms. The van der Waals surface area contributed by atoms with E-state index in [2.05, 4.69) is 32.5 Å². The van der Waals surface area contributed by atoms with Crippen LogP contribution in [0.2, 0.25) is 0 Å². The fourth-order valence-corrected chi connectivity index (χ4v) is 3.53. The fraction of sp³-hybridized carbons (Fsp3) is 0.250. The highest BCUT2D eigenvalue weighted by Gasteiger charge is 2.44. The van der Waals surface area contributed by atoms with Crippen LogP contribution < -0.4 is 21.7 Å². The van der Waals surface area contributed by atoms with Gasteiger partial charge in [0.2, 0.25) is 5.91 Å². The topological polar surface area (TPSA) is 131 Å². The van der Waals surface area contributed by atoms with Gasteiger partial charge in [-0.05, 0) is 12.1 Å². The van der Waals surface area contributed by atoms with Crippen LogP contribution in [0.3, 0.4) is 0 Å². The number of aromatic nitrogens is 1. The van der Waals surface area contributed by atoms with E-state index in [1.165, 1.54) is 6.20 Å². The first kappa shape index (κ1) is 28.2. The zero-order valence-corrected chi connectivity index (χ0v) is 19.7. The molecule has 2 amide bonds. The van der Waals surface area contributed by atoms with Crippen molar-refractivity contribution in [3.05, 3.63) is 77.9 Å². The summed E-state index contributed by atoms with van der Waals surface area (Å²) in [6.45, 7) is 2.97. The molecule has 1 aromatic heterocycles. The number of benzene rings is 1. The van der Waals surface area contributed by atoms with Gasteiger partial charge in [0.05, 0.1) is 47.6 Å². The third-order valence-corrected chi connectivity index (χ3v) is 5.49. The molecule has 0 aliphatic carbocycles. The van der Waals surface area contributed by atoms with Crippen molar-refractivity contribution in [2.24, 2.45) is 10.7 Å². The lowest BCUT2D eigenvalue weighted by Crippen LogP contribution is -2.59. The van der Waals surface area contributed by atoms with E-state index in [1.54, 1.807) is 0 Å². The Morgan fingerprint density at radius 1 is 1.26 bits per heavy atom. The molecule has 1 saturated heterocycles. The smallest absolute Gasteiger partial charge is 0.404 e. The van der Waals surface area contributed by atoms with Gasteiger partial charge in [-0.3, -0.25) is 19.6 Å². The molecule has 9 nitrogen and oxygen atoms in total. The Hall–Kier alpha value is -4.33. The number of nitrogens with two attached hydrogens (primary N) is 1. The summed E-state index contributed by atoms with van der Waals surface area (Å²) >= 11 is 0. The van der Waals surface area contributed by atoms with Gasteiger partial charge in [0.15, 0.2) is 0 Å². The van der Waals surface area contributed by atoms with Crippen LogP contribution in [0.5, 0.6) is 0 Å². The van der Waals surface area contributed by atoms with Gasteiger partial charge in [-0.25, -0.2) is 8.78 Å². The number of nitrogens with one attached hydrogen (secondary N) is 3. The number of alkyl halides is 3. The van der Waals surface area contributed by atoms with E-state index in [0.717, 1.165) is 36.8 Å². The Morgan fingerprint density at radius 3 is 2.63 bits per heavy atom. The van der Waals surface area contributed by atoms with Crippen LogP contribution in [0.4, 0.5) is 33.3 Å². The number of amides is 2. The molecule has 5 N–H and O–H groups in total. The molecular formula is C24H23F5N6O3. The van der Waals surface area contributed by atoms with Crippen LogP contribution in [0.15, 0.2) is 60.0 Å². The first-order chi connectivity index (χ1) is 18.0. The van der Waals surface area contributed by atoms with Crippen molar-refractivity contribution >= 4 is 29.4 Å². The summed E-state index contributed by atoms with van der Waals surface area (Å²) in [6, 6.07) is 3.22. The van der Waals surface area contributed by atoms with Gasteiger partial charge in [0.1, 0.15) is 17.2 Å². The molecule has 0 unspecified atom stereocenters. The van der Waals surface area contributed by atoms with E-state index in [-0.39, 0.29) is 36.6 Å². The average molecular weight is 538 g/mol. The number of hydrogen-bond donors (Lipinski definition) is 4. The molecule has 2 aromatic rings. The summed E-state index contributed by atoms with van der Waals surface area (Å²) in [4.78, 5) is 33.1. The molecule has 0 radical (unpaired) electrons. The van der Waals surface area contributed by atoms with E-state index >= 15 is 0 Å². The summed E-state index contributed by atoms with van der Waals surface area (Å²) in [7, 11) is 0. The third-order valence-electron chi connectivity index (χ3n) is 5.49. The van der Waals surface area contributed by atoms with Crippen molar-refractivity contribution in [2.75, 3.05) is 18.5 Å². The molecule has 1 atom stereocenters. The number of hydrogen-bond acceptors (Lipinski definition) is 7. The van der Waals surface area contributed by atoms with Crippen LogP contribution in [0, 0.1) is 11.6 Å². The van der Waals surface area contributed by atoms with Crippen molar-refractivity contribution in [2.45, 2.75) is 24.7 Å². The minimum atomic E-state index is -4.85. The van der Waals surface area contributed by atoms with Crippen LogP contribution >= 0.6 is 0 Å². The summed E-state index contributed by atoms with van der Waals surface area (Å²) in [6.07, 6.45) is -0.412. The second-order valence-corrected chi connectivity index (χ2v) is 8.04. The molecule has 202 valence electrons. The van der Waals surface area contributed by atoms with Gasteiger partial charge in [-0.15, -0.1) is 0 Å².